The standard InChI is InChI=1S/C20H16S/c1-13-7-3-5-9-16(13)19-14(2)21-18-12-11-15-8-4-6-10-17(15)20(18)19/h3-12H,1-2H3. The number of thiophene rings is 1. The predicted molar refractivity (Wildman–Crippen MR) is 94.2 cm³/mol. The summed E-state index contributed by atoms with van der Waals surface area (Å²) in [7, 11) is 0. The summed E-state index contributed by atoms with van der Waals surface area (Å²) in [5, 5.41) is 4.08. The first-order valence-corrected chi connectivity index (χ1v) is 8.04. The van der Waals surface area contributed by atoms with Crippen LogP contribution >= 0.6 is 11.3 Å². The van der Waals surface area contributed by atoms with Crippen LogP contribution in [0.15, 0.2) is 60.7 Å². The van der Waals surface area contributed by atoms with Crippen molar-refractivity contribution in [3.8, 4) is 11.1 Å². The summed E-state index contributed by atoms with van der Waals surface area (Å²) in [4.78, 5) is 1.40. The molecule has 3 aromatic carbocycles. The lowest BCUT2D eigenvalue weighted by atomic mass is 9.95. The van der Waals surface area contributed by atoms with E-state index in [1.807, 2.05) is 11.3 Å². The minimum atomic E-state index is 1.32. The summed E-state index contributed by atoms with van der Waals surface area (Å²) >= 11 is 1.90. The van der Waals surface area contributed by atoms with Crippen molar-refractivity contribution in [2.24, 2.45) is 0 Å². The first-order chi connectivity index (χ1) is 10.3. The fraction of sp³-hybridized carbons (Fsp3) is 0.100. The van der Waals surface area contributed by atoms with Crippen LogP contribution in [0.3, 0.4) is 0 Å². The number of rotatable bonds is 1. The van der Waals surface area contributed by atoms with Gasteiger partial charge < -0.3 is 0 Å². The molecule has 21 heavy (non-hydrogen) atoms. The maximum absolute atomic E-state index is 2.26. The molecule has 1 heterocycles. The summed E-state index contributed by atoms with van der Waals surface area (Å²) < 4.78 is 1.38. The molecule has 0 radical (unpaired) electrons. The van der Waals surface area contributed by atoms with Crippen molar-refractivity contribution in [1.82, 2.24) is 0 Å². The molecular weight excluding hydrogens is 272 g/mol. The van der Waals surface area contributed by atoms with Crippen LogP contribution in [0.25, 0.3) is 32.0 Å². The number of fused-ring (bicyclic) bond motifs is 3. The Morgan fingerprint density at radius 2 is 1.52 bits per heavy atom. The molecule has 0 amide bonds. The lowest BCUT2D eigenvalue weighted by Crippen LogP contribution is -1.84. The molecule has 0 nitrogen and oxygen atoms in total. The summed E-state index contributed by atoms with van der Waals surface area (Å²) in [5.41, 5.74) is 4.11. The SMILES string of the molecule is Cc1ccccc1-c1c(C)sc2ccc3ccccc3c12. The van der Waals surface area contributed by atoms with Crippen molar-refractivity contribution >= 4 is 32.2 Å². The van der Waals surface area contributed by atoms with E-state index in [0.717, 1.165) is 0 Å². The monoisotopic (exact) mass is 288 g/mol. The molecule has 4 rings (SSSR count). The van der Waals surface area contributed by atoms with E-state index in [9.17, 15) is 0 Å². The van der Waals surface area contributed by atoms with Gasteiger partial charge in [0.05, 0.1) is 0 Å². The third kappa shape index (κ3) is 1.89. The van der Waals surface area contributed by atoms with Crippen molar-refractivity contribution in [1.29, 1.82) is 0 Å². The van der Waals surface area contributed by atoms with E-state index < -0.39 is 0 Å². The largest absolute Gasteiger partial charge is 0.140 e. The highest BCUT2D eigenvalue weighted by atomic mass is 32.1. The molecule has 0 bridgehead atoms. The smallest absolute Gasteiger partial charge is 0.0358 e. The maximum Gasteiger partial charge on any atom is 0.0358 e. The average Bonchev–Trinajstić information content (AvgIpc) is 2.84. The lowest BCUT2D eigenvalue weighted by molar-refractivity contribution is 1.46. The normalized spacial score (nSPS) is 11.3. The van der Waals surface area contributed by atoms with E-state index in [2.05, 4.69) is 74.5 Å². The second-order valence-corrected chi connectivity index (χ2v) is 6.76. The third-order valence-corrected chi connectivity index (χ3v) is 5.24. The Balaban J connectivity index is 2.21. The van der Waals surface area contributed by atoms with E-state index in [0.29, 0.717) is 0 Å². The fourth-order valence-electron chi connectivity index (χ4n) is 3.16. The van der Waals surface area contributed by atoms with Gasteiger partial charge in [0.25, 0.3) is 0 Å². The molecule has 0 aliphatic carbocycles. The molecule has 0 fully saturated rings. The number of benzene rings is 3. The Morgan fingerprint density at radius 1 is 0.762 bits per heavy atom. The highest BCUT2D eigenvalue weighted by Crippen LogP contribution is 2.42. The van der Waals surface area contributed by atoms with Gasteiger partial charge in [-0.05, 0) is 41.8 Å². The van der Waals surface area contributed by atoms with Crippen LogP contribution in [0, 0.1) is 13.8 Å². The predicted octanol–water partition coefficient (Wildman–Crippen LogP) is 6.34. The van der Waals surface area contributed by atoms with Crippen LogP contribution in [-0.2, 0) is 0 Å². The highest BCUT2D eigenvalue weighted by molar-refractivity contribution is 7.19. The molecule has 0 saturated carbocycles. The Morgan fingerprint density at radius 3 is 2.38 bits per heavy atom. The van der Waals surface area contributed by atoms with Crippen LogP contribution in [-0.4, -0.2) is 0 Å². The van der Waals surface area contributed by atoms with E-state index >= 15 is 0 Å². The molecule has 0 unspecified atom stereocenters. The Hall–Kier alpha value is -2.12. The molecule has 1 aromatic heterocycles. The van der Waals surface area contributed by atoms with Crippen LogP contribution in [0.2, 0.25) is 0 Å². The van der Waals surface area contributed by atoms with Crippen molar-refractivity contribution in [2.45, 2.75) is 13.8 Å². The first-order valence-electron chi connectivity index (χ1n) is 7.22. The maximum atomic E-state index is 2.26. The van der Waals surface area contributed by atoms with E-state index in [4.69, 9.17) is 0 Å². The first kappa shape index (κ1) is 12.6. The van der Waals surface area contributed by atoms with Crippen LogP contribution < -0.4 is 0 Å². The van der Waals surface area contributed by atoms with Crippen LogP contribution in [0.1, 0.15) is 10.4 Å². The molecule has 4 aromatic rings. The van der Waals surface area contributed by atoms with Crippen LogP contribution in [0.5, 0.6) is 0 Å². The van der Waals surface area contributed by atoms with Crippen molar-refractivity contribution in [3.05, 3.63) is 71.1 Å². The summed E-state index contributed by atoms with van der Waals surface area (Å²) in [5.74, 6) is 0. The van der Waals surface area contributed by atoms with Gasteiger partial charge in [-0.3, -0.25) is 0 Å². The third-order valence-electron chi connectivity index (χ3n) is 4.17. The van der Waals surface area contributed by atoms with Gasteiger partial charge in [0.2, 0.25) is 0 Å². The molecule has 0 aliphatic heterocycles. The Bertz CT molecular complexity index is 960. The van der Waals surface area contributed by atoms with Gasteiger partial charge in [0.15, 0.2) is 0 Å². The summed E-state index contributed by atoms with van der Waals surface area (Å²) in [6.07, 6.45) is 0. The number of aryl methyl sites for hydroxylation is 2. The van der Waals surface area contributed by atoms with E-state index in [-0.39, 0.29) is 0 Å². The van der Waals surface area contributed by atoms with Crippen molar-refractivity contribution in [3.63, 3.8) is 0 Å². The number of hydrogen-bond donors (Lipinski definition) is 0. The van der Waals surface area contributed by atoms with Gasteiger partial charge in [0, 0.05) is 20.5 Å². The van der Waals surface area contributed by atoms with E-state index in [1.165, 1.54) is 42.4 Å². The molecule has 0 aliphatic rings. The van der Waals surface area contributed by atoms with Crippen molar-refractivity contribution < 1.29 is 0 Å². The molecular formula is C20H16S. The van der Waals surface area contributed by atoms with E-state index in [1.54, 1.807) is 0 Å². The second-order valence-electron chi connectivity index (χ2n) is 5.51. The summed E-state index contributed by atoms with van der Waals surface area (Å²) in [6, 6.07) is 21.9. The highest BCUT2D eigenvalue weighted by Gasteiger charge is 2.14. The zero-order valence-electron chi connectivity index (χ0n) is 12.2. The van der Waals surface area contributed by atoms with Gasteiger partial charge in [-0.2, -0.15) is 0 Å². The van der Waals surface area contributed by atoms with Crippen LogP contribution in [0.4, 0.5) is 0 Å². The molecule has 0 atom stereocenters. The molecule has 102 valence electrons. The minimum absolute atomic E-state index is 1.32. The average molecular weight is 288 g/mol. The Kier molecular flexibility index (Phi) is 2.83. The molecule has 0 saturated heterocycles. The topological polar surface area (TPSA) is 0 Å². The van der Waals surface area contributed by atoms with Gasteiger partial charge in [-0.15, -0.1) is 11.3 Å². The second kappa shape index (κ2) is 4.71. The van der Waals surface area contributed by atoms with Gasteiger partial charge in [0.1, 0.15) is 0 Å². The van der Waals surface area contributed by atoms with Crippen molar-refractivity contribution in [2.75, 3.05) is 0 Å². The quantitative estimate of drug-likeness (QED) is 0.383. The zero-order chi connectivity index (χ0) is 14.4. The minimum Gasteiger partial charge on any atom is -0.140 e. The zero-order valence-corrected chi connectivity index (χ0v) is 13.0. The fourth-order valence-corrected chi connectivity index (χ4v) is 4.26. The Labute approximate surface area is 128 Å². The molecule has 0 spiro atoms. The number of hydrogen-bond acceptors (Lipinski definition) is 1. The van der Waals surface area contributed by atoms with Gasteiger partial charge >= 0.3 is 0 Å². The van der Waals surface area contributed by atoms with Gasteiger partial charge in [-0.1, -0.05) is 54.6 Å². The molecule has 0 N–H and O–H groups in total. The lowest BCUT2D eigenvalue weighted by Gasteiger charge is -2.08. The van der Waals surface area contributed by atoms with Gasteiger partial charge in [-0.25, -0.2) is 0 Å². The molecule has 1 heteroatoms. The summed E-state index contributed by atoms with van der Waals surface area (Å²) in [6.45, 7) is 4.44.